The summed E-state index contributed by atoms with van der Waals surface area (Å²) >= 11 is 0. The van der Waals surface area contributed by atoms with Crippen LogP contribution in [0.1, 0.15) is 46.1 Å². The summed E-state index contributed by atoms with van der Waals surface area (Å²) in [6.07, 6.45) is 2.44. The zero-order chi connectivity index (χ0) is 26.9. The molecule has 0 saturated carbocycles. The van der Waals surface area contributed by atoms with Crippen LogP contribution in [0.15, 0.2) is 30.3 Å². The van der Waals surface area contributed by atoms with E-state index in [-0.39, 0.29) is 37.4 Å². The van der Waals surface area contributed by atoms with Gasteiger partial charge in [-0.1, -0.05) is 58.0 Å². The third-order valence-electron chi connectivity index (χ3n) is 6.35. The van der Waals surface area contributed by atoms with Gasteiger partial charge in [-0.05, 0) is 49.8 Å². The highest BCUT2D eigenvalue weighted by Gasteiger charge is 2.32. The Hall–Kier alpha value is -2.01. The molecule has 2 rings (SSSR count). The van der Waals surface area contributed by atoms with Crippen molar-refractivity contribution in [1.82, 2.24) is 19.8 Å². The molecule has 3 N–H and O–H groups in total. The number of aliphatic hydroxyl groups excluding tert-OH is 1. The number of hydrogen-bond acceptors (Lipinski definition) is 6. The van der Waals surface area contributed by atoms with Crippen LogP contribution in [0.5, 0.6) is 0 Å². The fourth-order valence-corrected chi connectivity index (χ4v) is 5.40. The van der Waals surface area contributed by atoms with Crippen molar-refractivity contribution in [2.75, 3.05) is 39.0 Å². The smallest absolute Gasteiger partial charge is 0.243 e. The third kappa shape index (κ3) is 10.2. The Kier molecular flexibility index (Phi) is 11.8. The van der Waals surface area contributed by atoms with E-state index < -0.39 is 34.1 Å². The van der Waals surface area contributed by atoms with Gasteiger partial charge in [-0.15, -0.1) is 0 Å². The van der Waals surface area contributed by atoms with Gasteiger partial charge in [0.25, 0.3) is 0 Å². The summed E-state index contributed by atoms with van der Waals surface area (Å²) in [5, 5.41) is 16.9. The van der Waals surface area contributed by atoms with Gasteiger partial charge in [-0.3, -0.25) is 14.5 Å². The molecule has 0 spiro atoms. The second kappa shape index (κ2) is 14.1. The summed E-state index contributed by atoms with van der Waals surface area (Å²) in [5.41, 5.74) is 0.899. The van der Waals surface area contributed by atoms with Gasteiger partial charge in [0.05, 0.1) is 24.9 Å². The maximum atomic E-state index is 13.3. The van der Waals surface area contributed by atoms with Crippen molar-refractivity contribution in [3.63, 3.8) is 0 Å². The molecule has 36 heavy (non-hydrogen) atoms. The first-order chi connectivity index (χ1) is 16.9. The SMILES string of the molecule is CC(C)CN(C[C@@H](O)[C@H](Cc1ccccc1)NC(=O)[C@@H](NC(=O)CN1CCCC1)C(C)C)S(C)(=O)=O. The minimum absolute atomic E-state index is 0.0743. The summed E-state index contributed by atoms with van der Waals surface area (Å²) in [4.78, 5) is 28.0. The molecule has 9 nitrogen and oxygen atoms in total. The highest BCUT2D eigenvalue weighted by molar-refractivity contribution is 7.88. The summed E-state index contributed by atoms with van der Waals surface area (Å²) in [6.45, 7) is 9.68. The number of hydrogen-bond donors (Lipinski definition) is 3. The first-order valence-corrected chi connectivity index (χ1v) is 14.7. The van der Waals surface area contributed by atoms with Crippen LogP contribution >= 0.6 is 0 Å². The van der Waals surface area contributed by atoms with E-state index in [0.29, 0.717) is 6.42 Å². The van der Waals surface area contributed by atoms with E-state index in [1.54, 1.807) is 0 Å². The lowest BCUT2D eigenvalue weighted by atomic mass is 9.98. The average Bonchev–Trinajstić information content (AvgIpc) is 3.29. The number of sulfonamides is 1. The molecule has 0 radical (unpaired) electrons. The number of nitrogens with zero attached hydrogens (tertiary/aromatic N) is 2. The number of carbonyl (C=O) groups is 2. The zero-order valence-electron chi connectivity index (χ0n) is 22.3. The number of benzene rings is 1. The zero-order valence-corrected chi connectivity index (χ0v) is 23.1. The fourth-order valence-electron chi connectivity index (χ4n) is 4.41. The second-order valence-electron chi connectivity index (χ2n) is 10.6. The van der Waals surface area contributed by atoms with Crippen molar-refractivity contribution < 1.29 is 23.1 Å². The largest absolute Gasteiger partial charge is 0.390 e. The molecule has 0 aliphatic carbocycles. The van der Waals surface area contributed by atoms with Crippen LogP contribution in [0.3, 0.4) is 0 Å². The second-order valence-corrected chi connectivity index (χ2v) is 12.6. The van der Waals surface area contributed by atoms with E-state index in [4.69, 9.17) is 0 Å². The summed E-state index contributed by atoms with van der Waals surface area (Å²) < 4.78 is 25.9. The molecular formula is C26H44N4O5S. The molecule has 2 amide bonds. The molecule has 1 saturated heterocycles. The molecule has 1 aromatic rings. The van der Waals surface area contributed by atoms with Crippen molar-refractivity contribution in [1.29, 1.82) is 0 Å². The van der Waals surface area contributed by atoms with E-state index in [1.165, 1.54) is 4.31 Å². The minimum Gasteiger partial charge on any atom is -0.390 e. The van der Waals surface area contributed by atoms with Crippen molar-refractivity contribution in [3.05, 3.63) is 35.9 Å². The number of rotatable bonds is 14. The van der Waals surface area contributed by atoms with Gasteiger partial charge >= 0.3 is 0 Å². The molecule has 204 valence electrons. The van der Waals surface area contributed by atoms with Gasteiger partial charge in [0.2, 0.25) is 21.8 Å². The quantitative estimate of drug-likeness (QED) is 0.337. The Labute approximate surface area is 216 Å². The van der Waals surface area contributed by atoms with Gasteiger partial charge in [-0.25, -0.2) is 8.42 Å². The number of carbonyl (C=O) groups excluding carboxylic acids is 2. The first-order valence-electron chi connectivity index (χ1n) is 12.9. The molecule has 1 aliphatic rings. The van der Waals surface area contributed by atoms with Gasteiger partial charge in [0.15, 0.2) is 0 Å². The Morgan fingerprint density at radius 3 is 2.17 bits per heavy atom. The molecular weight excluding hydrogens is 480 g/mol. The van der Waals surface area contributed by atoms with Crippen LogP contribution in [0, 0.1) is 11.8 Å². The summed E-state index contributed by atoms with van der Waals surface area (Å²) in [7, 11) is -3.55. The highest BCUT2D eigenvalue weighted by Crippen LogP contribution is 2.13. The van der Waals surface area contributed by atoms with Crippen molar-refractivity contribution >= 4 is 21.8 Å². The van der Waals surface area contributed by atoms with Gasteiger partial charge < -0.3 is 15.7 Å². The van der Waals surface area contributed by atoms with Crippen LogP contribution in [-0.4, -0.2) is 91.7 Å². The number of nitrogens with one attached hydrogen (secondary N) is 2. The maximum Gasteiger partial charge on any atom is 0.243 e. The predicted molar refractivity (Wildman–Crippen MR) is 142 cm³/mol. The Bertz CT molecular complexity index is 933. The molecule has 1 aromatic carbocycles. The molecule has 0 unspecified atom stereocenters. The minimum atomic E-state index is -3.55. The van der Waals surface area contributed by atoms with E-state index in [0.717, 1.165) is 37.8 Å². The average molecular weight is 525 g/mol. The van der Waals surface area contributed by atoms with Crippen molar-refractivity contribution in [2.24, 2.45) is 11.8 Å². The number of likely N-dealkylation sites (tertiary alicyclic amines) is 1. The van der Waals surface area contributed by atoms with E-state index in [1.807, 2.05) is 58.0 Å². The topological polar surface area (TPSA) is 119 Å². The molecule has 1 heterocycles. The lowest BCUT2D eigenvalue weighted by Gasteiger charge is -2.31. The van der Waals surface area contributed by atoms with Gasteiger partial charge in [-0.2, -0.15) is 4.31 Å². The van der Waals surface area contributed by atoms with Gasteiger partial charge in [0.1, 0.15) is 6.04 Å². The lowest BCUT2D eigenvalue weighted by Crippen LogP contribution is -2.57. The van der Waals surface area contributed by atoms with Crippen LogP contribution in [0.4, 0.5) is 0 Å². The molecule has 3 atom stereocenters. The van der Waals surface area contributed by atoms with Gasteiger partial charge in [0, 0.05) is 13.1 Å². The molecule has 10 heteroatoms. The third-order valence-corrected chi connectivity index (χ3v) is 7.59. The van der Waals surface area contributed by atoms with E-state index >= 15 is 0 Å². The van der Waals surface area contributed by atoms with Crippen LogP contribution < -0.4 is 10.6 Å². The normalized spacial score (nSPS) is 17.4. The fraction of sp³-hybridized carbons (Fsp3) is 0.692. The lowest BCUT2D eigenvalue weighted by molar-refractivity contribution is -0.131. The molecule has 0 bridgehead atoms. The molecule has 0 aromatic heterocycles. The number of amides is 2. The summed E-state index contributed by atoms with van der Waals surface area (Å²) in [5.74, 6) is -0.693. The first kappa shape index (κ1) is 30.2. The Morgan fingerprint density at radius 2 is 1.64 bits per heavy atom. The Balaban J connectivity index is 2.17. The number of aliphatic hydroxyl groups is 1. The summed E-state index contributed by atoms with van der Waals surface area (Å²) in [6, 6.07) is 7.90. The van der Waals surface area contributed by atoms with Crippen LogP contribution in [-0.2, 0) is 26.0 Å². The van der Waals surface area contributed by atoms with Crippen LogP contribution in [0.2, 0.25) is 0 Å². The van der Waals surface area contributed by atoms with Crippen LogP contribution in [0.25, 0.3) is 0 Å². The standard InChI is InChI=1S/C26H44N4O5S/c1-19(2)16-30(36(5,34)35)17-23(31)22(15-21-11-7-6-8-12-21)27-26(33)25(20(3)4)28-24(32)18-29-13-9-10-14-29/h6-8,11-12,19-20,22-23,25,31H,9-10,13-18H2,1-5H3,(H,27,33)(H,28,32)/t22-,23+,25-/m0/s1. The van der Waals surface area contributed by atoms with E-state index in [9.17, 15) is 23.1 Å². The Morgan fingerprint density at radius 1 is 1.03 bits per heavy atom. The predicted octanol–water partition coefficient (Wildman–Crippen LogP) is 1.23. The molecule has 1 fully saturated rings. The monoisotopic (exact) mass is 524 g/mol. The molecule has 1 aliphatic heterocycles. The van der Waals surface area contributed by atoms with E-state index in [2.05, 4.69) is 15.5 Å². The highest BCUT2D eigenvalue weighted by atomic mass is 32.2. The maximum absolute atomic E-state index is 13.3. The van der Waals surface area contributed by atoms with Crippen molar-refractivity contribution in [2.45, 2.75) is 65.1 Å². The van der Waals surface area contributed by atoms with Crippen molar-refractivity contribution in [3.8, 4) is 0 Å².